The van der Waals surface area contributed by atoms with Gasteiger partial charge in [0.05, 0.1) is 6.54 Å². The van der Waals surface area contributed by atoms with Gasteiger partial charge < -0.3 is 10.6 Å². The second-order valence-electron chi connectivity index (χ2n) is 6.99. The molecule has 2 heterocycles. The van der Waals surface area contributed by atoms with E-state index in [1.165, 1.54) is 9.78 Å². The fourth-order valence-electron chi connectivity index (χ4n) is 3.14. The Morgan fingerprint density at radius 1 is 1.41 bits per heavy atom. The van der Waals surface area contributed by atoms with Crippen molar-refractivity contribution in [3.05, 3.63) is 22.4 Å². The van der Waals surface area contributed by atoms with Crippen LogP contribution in [0.1, 0.15) is 25.1 Å². The molecular formula is C18H30F3IN4S. The van der Waals surface area contributed by atoms with Crippen molar-refractivity contribution in [3.8, 4) is 0 Å². The van der Waals surface area contributed by atoms with Crippen LogP contribution in [0.25, 0.3) is 0 Å². The largest absolute Gasteiger partial charge is 0.401 e. The number of alkyl halides is 3. The van der Waals surface area contributed by atoms with Gasteiger partial charge in [-0.05, 0) is 49.6 Å². The number of halogens is 4. The van der Waals surface area contributed by atoms with Crippen molar-refractivity contribution < 1.29 is 13.2 Å². The van der Waals surface area contributed by atoms with Crippen molar-refractivity contribution >= 4 is 41.3 Å². The Kier molecular flexibility index (Phi) is 11.0. The van der Waals surface area contributed by atoms with Crippen LogP contribution < -0.4 is 10.6 Å². The third-order valence-electron chi connectivity index (χ3n) is 4.37. The maximum absolute atomic E-state index is 12.5. The molecule has 1 aliphatic rings. The summed E-state index contributed by atoms with van der Waals surface area (Å²) in [5, 5.41) is 8.60. The maximum Gasteiger partial charge on any atom is 0.401 e. The standard InChI is InChI=1S/C18H29F3N4S.HI/c1-3-22-17(23-10-14(2)9-16-5-4-8-26-16)24-11-15-6-7-25(12-15)13-18(19,20)21;/h4-5,8,14-15H,3,6-7,9-13H2,1-2H3,(H2,22,23,24);1H. The molecule has 156 valence electrons. The van der Waals surface area contributed by atoms with E-state index in [4.69, 9.17) is 0 Å². The molecule has 0 saturated carbocycles. The zero-order valence-corrected chi connectivity index (χ0v) is 19.0. The first-order valence-electron chi connectivity index (χ1n) is 9.19. The van der Waals surface area contributed by atoms with Crippen LogP contribution in [0.15, 0.2) is 22.5 Å². The van der Waals surface area contributed by atoms with Gasteiger partial charge in [-0.25, -0.2) is 0 Å². The van der Waals surface area contributed by atoms with Gasteiger partial charge in [-0.3, -0.25) is 9.89 Å². The summed E-state index contributed by atoms with van der Waals surface area (Å²) in [5.74, 6) is 1.42. The minimum Gasteiger partial charge on any atom is -0.357 e. The van der Waals surface area contributed by atoms with Gasteiger partial charge in [-0.2, -0.15) is 13.2 Å². The normalized spacial score (nSPS) is 19.6. The Morgan fingerprint density at radius 3 is 2.81 bits per heavy atom. The molecule has 1 aromatic heterocycles. The molecule has 2 unspecified atom stereocenters. The molecule has 0 spiro atoms. The van der Waals surface area contributed by atoms with Crippen molar-refractivity contribution in [2.45, 2.75) is 32.9 Å². The maximum atomic E-state index is 12.5. The van der Waals surface area contributed by atoms with Gasteiger partial charge >= 0.3 is 6.18 Å². The fraction of sp³-hybridized carbons (Fsp3) is 0.722. The van der Waals surface area contributed by atoms with E-state index < -0.39 is 12.7 Å². The Hall–Kier alpha value is -0.550. The monoisotopic (exact) mass is 518 g/mol. The molecule has 1 fully saturated rings. The van der Waals surface area contributed by atoms with Crippen LogP contribution in [-0.2, 0) is 6.42 Å². The molecule has 2 atom stereocenters. The summed E-state index contributed by atoms with van der Waals surface area (Å²) in [6.07, 6.45) is -2.32. The molecule has 0 aromatic carbocycles. The quantitative estimate of drug-likeness (QED) is 0.311. The van der Waals surface area contributed by atoms with Gasteiger partial charge in [-0.15, -0.1) is 35.3 Å². The molecule has 1 saturated heterocycles. The molecule has 2 rings (SSSR count). The lowest BCUT2D eigenvalue weighted by molar-refractivity contribution is -0.143. The lowest BCUT2D eigenvalue weighted by Crippen LogP contribution is -2.41. The van der Waals surface area contributed by atoms with Crippen molar-refractivity contribution in [3.63, 3.8) is 0 Å². The summed E-state index contributed by atoms with van der Waals surface area (Å²) in [5.41, 5.74) is 0. The van der Waals surface area contributed by atoms with Gasteiger partial charge in [0.2, 0.25) is 0 Å². The first-order chi connectivity index (χ1) is 12.4. The lowest BCUT2D eigenvalue weighted by atomic mass is 10.1. The zero-order valence-electron chi connectivity index (χ0n) is 15.9. The van der Waals surface area contributed by atoms with Crippen molar-refractivity contribution in [1.29, 1.82) is 0 Å². The minimum absolute atomic E-state index is 0. The Bertz CT molecular complexity index is 551. The van der Waals surface area contributed by atoms with E-state index in [0.29, 0.717) is 25.6 Å². The number of aliphatic imine (C=N–C) groups is 1. The lowest BCUT2D eigenvalue weighted by Gasteiger charge is -2.19. The van der Waals surface area contributed by atoms with Crippen LogP contribution in [0.2, 0.25) is 0 Å². The molecule has 4 nitrogen and oxygen atoms in total. The molecular weight excluding hydrogens is 488 g/mol. The van der Waals surface area contributed by atoms with E-state index in [0.717, 1.165) is 31.9 Å². The van der Waals surface area contributed by atoms with Crippen LogP contribution in [0, 0.1) is 11.8 Å². The Morgan fingerprint density at radius 2 is 2.19 bits per heavy atom. The van der Waals surface area contributed by atoms with Gasteiger partial charge in [0.25, 0.3) is 0 Å². The Balaban J connectivity index is 0.00000364. The molecule has 0 radical (unpaired) electrons. The average molecular weight is 518 g/mol. The predicted molar refractivity (Wildman–Crippen MR) is 117 cm³/mol. The highest BCUT2D eigenvalue weighted by Gasteiger charge is 2.34. The van der Waals surface area contributed by atoms with Crippen molar-refractivity contribution in [2.75, 3.05) is 39.3 Å². The number of rotatable bonds is 8. The summed E-state index contributed by atoms with van der Waals surface area (Å²) in [6.45, 7) is 6.51. The molecule has 1 aromatic rings. The number of nitrogens with zero attached hydrogens (tertiary/aromatic N) is 2. The first kappa shape index (κ1) is 24.5. The summed E-state index contributed by atoms with van der Waals surface area (Å²) >= 11 is 1.76. The zero-order chi connectivity index (χ0) is 19.0. The van der Waals surface area contributed by atoms with E-state index >= 15 is 0 Å². The van der Waals surface area contributed by atoms with Crippen LogP contribution in [0.5, 0.6) is 0 Å². The molecule has 9 heteroatoms. The highest BCUT2D eigenvalue weighted by atomic mass is 127. The van der Waals surface area contributed by atoms with E-state index in [1.54, 1.807) is 11.3 Å². The average Bonchev–Trinajstić information content (AvgIpc) is 3.20. The number of hydrogen-bond donors (Lipinski definition) is 2. The second kappa shape index (κ2) is 12.1. The SMILES string of the molecule is CCNC(=NCC(C)Cc1cccs1)NCC1CCN(CC(F)(F)F)C1.I. The van der Waals surface area contributed by atoms with Gasteiger partial charge in [0.15, 0.2) is 5.96 Å². The van der Waals surface area contributed by atoms with E-state index in [9.17, 15) is 13.2 Å². The van der Waals surface area contributed by atoms with Gasteiger partial charge in [-0.1, -0.05) is 13.0 Å². The number of hydrogen-bond acceptors (Lipinski definition) is 3. The molecule has 27 heavy (non-hydrogen) atoms. The van der Waals surface area contributed by atoms with E-state index in [-0.39, 0.29) is 29.9 Å². The van der Waals surface area contributed by atoms with Crippen molar-refractivity contribution in [1.82, 2.24) is 15.5 Å². The summed E-state index contributed by atoms with van der Waals surface area (Å²) in [7, 11) is 0. The molecule has 0 amide bonds. The summed E-state index contributed by atoms with van der Waals surface area (Å²) in [4.78, 5) is 7.49. The van der Waals surface area contributed by atoms with Gasteiger partial charge in [0, 0.05) is 31.1 Å². The number of guanidine groups is 1. The third kappa shape index (κ3) is 9.98. The third-order valence-corrected chi connectivity index (χ3v) is 5.26. The smallest absolute Gasteiger partial charge is 0.357 e. The van der Waals surface area contributed by atoms with Crippen LogP contribution >= 0.6 is 35.3 Å². The van der Waals surface area contributed by atoms with Crippen molar-refractivity contribution in [2.24, 2.45) is 16.8 Å². The van der Waals surface area contributed by atoms with Crippen LogP contribution in [0.4, 0.5) is 13.2 Å². The summed E-state index contributed by atoms with van der Waals surface area (Å²) < 4.78 is 37.4. The minimum atomic E-state index is -4.11. The molecule has 1 aliphatic heterocycles. The van der Waals surface area contributed by atoms with Gasteiger partial charge in [0.1, 0.15) is 0 Å². The fourth-order valence-corrected chi connectivity index (χ4v) is 4.01. The molecule has 2 N–H and O–H groups in total. The highest BCUT2D eigenvalue weighted by molar-refractivity contribution is 14.0. The molecule has 0 aliphatic carbocycles. The summed E-state index contributed by atoms with van der Waals surface area (Å²) in [6, 6.07) is 4.20. The number of likely N-dealkylation sites (tertiary alicyclic amines) is 1. The predicted octanol–water partition coefficient (Wildman–Crippen LogP) is 3.98. The van der Waals surface area contributed by atoms with Crippen LogP contribution in [0.3, 0.4) is 0 Å². The van der Waals surface area contributed by atoms with Crippen LogP contribution in [-0.4, -0.2) is 56.3 Å². The second-order valence-corrected chi connectivity index (χ2v) is 8.03. The molecule has 0 bridgehead atoms. The first-order valence-corrected chi connectivity index (χ1v) is 10.1. The Labute approximate surface area is 181 Å². The van der Waals surface area contributed by atoms with E-state index in [1.807, 2.05) is 6.92 Å². The topological polar surface area (TPSA) is 39.7 Å². The number of nitrogens with one attached hydrogen (secondary N) is 2. The number of thiophene rings is 1. The van der Waals surface area contributed by atoms with E-state index in [2.05, 4.69) is 40.1 Å². The highest BCUT2D eigenvalue weighted by Crippen LogP contribution is 2.22.